The van der Waals surface area contributed by atoms with Crippen molar-refractivity contribution >= 4 is 16.7 Å². The van der Waals surface area contributed by atoms with Gasteiger partial charge in [-0.3, -0.25) is 4.79 Å². The lowest BCUT2D eigenvalue weighted by atomic mass is 10.1. The standard InChI is InChI=1S/C17H20N2O3/c1-2-22-11-12-7-8-19(10-12)17(21)15-16(20)14-6-4-3-5-13(14)9-18-15/h3-6,9,12,20H,2,7-8,10-11H2,1H3/t12-/m1/s1. The molecule has 1 N–H and O–H groups in total. The third-order valence-electron chi connectivity index (χ3n) is 4.11. The Bertz CT molecular complexity index is 687. The van der Waals surface area contributed by atoms with Gasteiger partial charge in [0.15, 0.2) is 11.4 Å². The van der Waals surface area contributed by atoms with Gasteiger partial charge in [0, 0.05) is 42.6 Å². The molecule has 1 fully saturated rings. The number of amides is 1. The van der Waals surface area contributed by atoms with Gasteiger partial charge in [0.25, 0.3) is 5.91 Å². The number of benzene rings is 1. The molecule has 5 heteroatoms. The Balaban J connectivity index is 1.80. The normalized spacial score (nSPS) is 18.0. The molecule has 1 aliphatic heterocycles. The van der Waals surface area contributed by atoms with Crippen LogP contribution in [-0.2, 0) is 4.74 Å². The molecule has 5 nitrogen and oxygen atoms in total. The molecule has 1 amide bonds. The lowest BCUT2D eigenvalue weighted by Gasteiger charge is -2.17. The van der Waals surface area contributed by atoms with E-state index in [1.165, 1.54) is 0 Å². The van der Waals surface area contributed by atoms with Crippen LogP contribution in [0.1, 0.15) is 23.8 Å². The Kier molecular flexibility index (Phi) is 4.24. The summed E-state index contributed by atoms with van der Waals surface area (Å²) in [7, 11) is 0. The molecule has 0 bridgehead atoms. The molecule has 3 rings (SSSR count). The topological polar surface area (TPSA) is 62.7 Å². The molecule has 1 saturated heterocycles. The van der Waals surface area contributed by atoms with Crippen molar-refractivity contribution in [2.24, 2.45) is 5.92 Å². The zero-order chi connectivity index (χ0) is 15.5. The third kappa shape index (κ3) is 2.76. The third-order valence-corrected chi connectivity index (χ3v) is 4.11. The number of aromatic nitrogens is 1. The second-order valence-electron chi connectivity index (χ2n) is 5.61. The molecular weight excluding hydrogens is 280 g/mol. The summed E-state index contributed by atoms with van der Waals surface area (Å²) < 4.78 is 5.43. The maximum Gasteiger partial charge on any atom is 0.276 e. The van der Waals surface area contributed by atoms with E-state index in [1.54, 1.807) is 17.2 Å². The number of carbonyl (C=O) groups is 1. The molecule has 0 radical (unpaired) electrons. The van der Waals surface area contributed by atoms with Gasteiger partial charge in [-0.25, -0.2) is 4.98 Å². The fourth-order valence-electron chi connectivity index (χ4n) is 2.89. The Labute approximate surface area is 129 Å². The molecule has 22 heavy (non-hydrogen) atoms. The number of ether oxygens (including phenoxy) is 1. The highest BCUT2D eigenvalue weighted by Crippen LogP contribution is 2.29. The van der Waals surface area contributed by atoms with Crippen LogP contribution in [0.15, 0.2) is 30.5 Å². The van der Waals surface area contributed by atoms with Crippen molar-refractivity contribution in [2.75, 3.05) is 26.3 Å². The quantitative estimate of drug-likeness (QED) is 0.942. The van der Waals surface area contributed by atoms with Crippen LogP contribution in [0.4, 0.5) is 0 Å². The molecular formula is C17H20N2O3. The first-order chi connectivity index (χ1) is 10.7. The molecule has 1 atom stereocenters. The summed E-state index contributed by atoms with van der Waals surface area (Å²) in [6.45, 7) is 4.68. The zero-order valence-corrected chi connectivity index (χ0v) is 12.7. The first-order valence-corrected chi connectivity index (χ1v) is 7.64. The van der Waals surface area contributed by atoms with Gasteiger partial charge in [0.2, 0.25) is 0 Å². The largest absolute Gasteiger partial charge is 0.505 e. The van der Waals surface area contributed by atoms with Crippen molar-refractivity contribution in [3.63, 3.8) is 0 Å². The molecule has 1 aliphatic rings. The average Bonchev–Trinajstić information content (AvgIpc) is 3.02. The second-order valence-corrected chi connectivity index (χ2v) is 5.61. The number of fused-ring (bicyclic) bond motifs is 1. The first kappa shape index (κ1) is 14.8. The lowest BCUT2D eigenvalue weighted by molar-refractivity contribution is 0.0754. The number of likely N-dealkylation sites (tertiary alicyclic amines) is 1. The van der Waals surface area contributed by atoms with Crippen LogP contribution in [0.2, 0.25) is 0 Å². The monoisotopic (exact) mass is 300 g/mol. The minimum Gasteiger partial charge on any atom is -0.505 e. The van der Waals surface area contributed by atoms with Crippen molar-refractivity contribution in [1.82, 2.24) is 9.88 Å². The van der Waals surface area contributed by atoms with E-state index in [0.717, 1.165) is 11.8 Å². The first-order valence-electron chi connectivity index (χ1n) is 7.64. The number of aromatic hydroxyl groups is 1. The number of nitrogens with zero attached hydrogens (tertiary/aromatic N) is 2. The van der Waals surface area contributed by atoms with Crippen molar-refractivity contribution in [1.29, 1.82) is 0 Å². The SMILES string of the molecule is CCOC[C@@H]1CCN(C(=O)c2ncc3ccccc3c2O)C1. The van der Waals surface area contributed by atoms with Crippen LogP contribution in [-0.4, -0.2) is 47.2 Å². The average molecular weight is 300 g/mol. The molecule has 1 aromatic carbocycles. The van der Waals surface area contributed by atoms with E-state index in [4.69, 9.17) is 4.74 Å². The van der Waals surface area contributed by atoms with Gasteiger partial charge in [0.05, 0.1) is 6.61 Å². The van der Waals surface area contributed by atoms with Crippen molar-refractivity contribution < 1.29 is 14.6 Å². The van der Waals surface area contributed by atoms with Gasteiger partial charge in [-0.1, -0.05) is 24.3 Å². The van der Waals surface area contributed by atoms with Gasteiger partial charge in [0.1, 0.15) is 0 Å². The zero-order valence-electron chi connectivity index (χ0n) is 12.7. The van der Waals surface area contributed by atoms with Gasteiger partial charge in [-0.05, 0) is 13.3 Å². The maximum atomic E-state index is 12.6. The second kappa shape index (κ2) is 6.32. The van der Waals surface area contributed by atoms with Crippen LogP contribution in [0.3, 0.4) is 0 Å². The fourth-order valence-corrected chi connectivity index (χ4v) is 2.89. The Morgan fingerprint density at radius 2 is 2.27 bits per heavy atom. The smallest absolute Gasteiger partial charge is 0.276 e. The summed E-state index contributed by atoms with van der Waals surface area (Å²) in [4.78, 5) is 18.5. The summed E-state index contributed by atoms with van der Waals surface area (Å²) >= 11 is 0. The van der Waals surface area contributed by atoms with E-state index in [0.29, 0.717) is 37.6 Å². The van der Waals surface area contributed by atoms with E-state index in [1.807, 2.05) is 25.1 Å². The number of hydrogen-bond donors (Lipinski definition) is 1. The number of pyridine rings is 1. The fraction of sp³-hybridized carbons (Fsp3) is 0.412. The highest BCUT2D eigenvalue weighted by molar-refractivity contribution is 6.01. The van der Waals surface area contributed by atoms with E-state index >= 15 is 0 Å². The molecule has 116 valence electrons. The van der Waals surface area contributed by atoms with Gasteiger partial charge < -0.3 is 14.7 Å². The van der Waals surface area contributed by atoms with Gasteiger partial charge >= 0.3 is 0 Å². The number of carbonyl (C=O) groups excluding carboxylic acids is 1. The van der Waals surface area contributed by atoms with Crippen molar-refractivity contribution in [2.45, 2.75) is 13.3 Å². The van der Waals surface area contributed by atoms with E-state index in [2.05, 4.69) is 4.98 Å². The molecule has 0 unspecified atom stereocenters. The van der Waals surface area contributed by atoms with Crippen LogP contribution in [0.25, 0.3) is 10.8 Å². The molecule has 0 saturated carbocycles. The Morgan fingerprint density at radius 1 is 1.45 bits per heavy atom. The summed E-state index contributed by atoms with van der Waals surface area (Å²) in [6, 6.07) is 7.38. The van der Waals surface area contributed by atoms with Crippen molar-refractivity contribution in [3.8, 4) is 5.75 Å². The molecule has 2 aromatic rings. The maximum absolute atomic E-state index is 12.6. The molecule has 1 aromatic heterocycles. The van der Waals surface area contributed by atoms with Crippen molar-refractivity contribution in [3.05, 3.63) is 36.2 Å². The molecule has 2 heterocycles. The Hall–Kier alpha value is -2.14. The van der Waals surface area contributed by atoms with E-state index in [9.17, 15) is 9.90 Å². The summed E-state index contributed by atoms with van der Waals surface area (Å²) in [5.74, 6) is 0.130. The van der Waals surface area contributed by atoms with Crippen LogP contribution >= 0.6 is 0 Å². The molecule has 0 spiro atoms. The Morgan fingerprint density at radius 3 is 3.09 bits per heavy atom. The minimum absolute atomic E-state index is 0.0311. The summed E-state index contributed by atoms with van der Waals surface area (Å²) in [5.41, 5.74) is 0.135. The molecule has 0 aliphatic carbocycles. The van der Waals surface area contributed by atoms with Gasteiger partial charge in [-0.2, -0.15) is 0 Å². The highest BCUT2D eigenvalue weighted by Gasteiger charge is 2.29. The highest BCUT2D eigenvalue weighted by atomic mass is 16.5. The van der Waals surface area contributed by atoms with Gasteiger partial charge in [-0.15, -0.1) is 0 Å². The lowest BCUT2D eigenvalue weighted by Crippen LogP contribution is -2.30. The predicted octanol–water partition coefficient (Wildman–Crippen LogP) is 2.44. The minimum atomic E-state index is -0.206. The van der Waals surface area contributed by atoms with Crippen LogP contribution < -0.4 is 0 Å². The van der Waals surface area contributed by atoms with E-state index < -0.39 is 0 Å². The number of rotatable bonds is 4. The van der Waals surface area contributed by atoms with Crippen LogP contribution in [0.5, 0.6) is 5.75 Å². The predicted molar refractivity (Wildman–Crippen MR) is 83.9 cm³/mol. The van der Waals surface area contributed by atoms with E-state index in [-0.39, 0.29) is 17.4 Å². The summed E-state index contributed by atoms with van der Waals surface area (Å²) in [5, 5.41) is 11.8. The summed E-state index contributed by atoms with van der Waals surface area (Å²) in [6.07, 6.45) is 2.57. The number of hydrogen-bond acceptors (Lipinski definition) is 4. The van der Waals surface area contributed by atoms with Crippen LogP contribution in [0, 0.1) is 5.92 Å².